The molecule has 1 N–H and O–H groups in total. The molecule has 2 rings (SSSR count). The van der Waals surface area contributed by atoms with Crippen molar-refractivity contribution in [3.63, 3.8) is 0 Å². The van der Waals surface area contributed by atoms with Crippen LogP contribution in [-0.2, 0) is 22.6 Å². The van der Waals surface area contributed by atoms with Gasteiger partial charge >= 0.3 is 0 Å². The fourth-order valence-electron chi connectivity index (χ4n) is 2.81. The minimum atomic E-state index is -0.613. The van der Waals surface area contributed by atoms with Crippen LogP contribution in [0.1, 0.15) is 38.3 Å². The van der Waals surface area contributed by atoms with Crippen LogP contribution in [0.2, 0.25) is 10.0 Å². The summed E-state index contributed by atoms with van der Waals surface area (Å²) in [6.07, 6.45) is 0.952. The zero-order valence-corrected chi connectivity index (χ0v) is 19.8. The van der Waals surface area contributed by atoms with Crippen LogP contribution in [0.5, 0.6) is 0 Å². The Hall–Kier alpha value is -1.56. The molecule has 0 heterocycles. The third-order valence-electron chi connectivity index (χ3n) is 4.75. The van der Waals surface area contributed by atoms with Crippen molar-refractivity contribution >= 4 is 50.9 Å². The van der Waals surface area contributed by atoms with Crippen LogP contribution in [0.4, 0.5) is 0 Å². The second-order valence-corrected chi connectivity index (χ2v) is 8.80. The number of amides is 2. The molecule has 0 saturated carbocycles. The normalized spacial score (nSPS) is 12.9. The molecule has 156 valence electrons. The first-order valence-electron chi connectivity index (χ1n) is 9.49. The molecule has 2 aromatic rings. The van der Waals surface area contributed by atoms with Gasteiger partial charge in [-0.3, -0.25) is 9.59 Å². The van der Waals surface area contributed by atoms with Gasteiger partial charge in [-0.05, 0) is 55.7 Å². The Morgan fingerprint density at radius 2 is 1.79 bits per heavy atom. The molecule has 0 aliphatic carbocycles. The van der Waals surface area contributed by atoms with E-state index in [2.05, 4.69) is 21.2 Å². The molecule has 2 amide bonds. The van der Waals surface area contributed by atoms with Gasteiger partial charge in [-0.25, -0.2) is 0 Å². The number of halogens is 3. The van der Waals surface area contributed by atoms with Crippen LogP contribution in [0, 0.1) is 0 Å². The number of nitrogens with zero attached hydrogens (tertiary/aromatic N) is 1. The third kappa shape index (κ3) is 7.02. The van der Waals surface area contributed by atoms with E-state index >= 15 is 0 Å². The maximum Gasteiger partial charge on any atom is 0.242 e. The van der Waals surface area contributed by atoms with Crippen molar-refractivity contribution in [3.8, 4) is 0 Å². The molecule has 0 aromatic heterocycles. The first kappa shape index (κ1) is 23.7. The Morgan fingerprint density at radius 3 is 2.41 bits per heavy atom. The highest BCUT2D eigenvalue weighted by atomic mass is 79.9. The van der Waals surface area contributed by atoms with E-state index in [-0.39, 0.29) is 24.3 Å². The molecule has 0 fully saturated rings. The second-order valence-electron chi connectivity index (χ2n) is 7.07. The first-order valence-corrected chi connectivity index (χ1v) is 11.0. The minimum Gasteiger partial charge on any atom is -0.352 e. The SMILES string of the molecule is CC[C@H](C)NC(=O)[C@@H](C)N(Cc1cccc(Br)c1)C(=O)Cc1ccc(Cl)c(Cl)c1. The van der Waals surface area contributed by atoms with Gasteiger partial charge in [0.2, 0.25) is 11.8 Å². The van der Waals surface area contributed by atoms with Gasteiger partial charge < -0.3 is 10.2 Å². The number of carbonyl (C=O) groups excluding carboxylic acids is 2. The number of rotatable bonds is 8. The maximum absolute atomic E-state index is 13.2. The molecule has 0 aliphatic heterocycles. The monoisotopic (exact) mass is 498 g/mol. The van der Waals surface area contributed by atoms with Crippen LogP contribution >= 0.6 is 39.1 Å². The summed E-state index contributed by atoms with van der Waals surface area (Å²) in [4.78, 5) is 27.5. The molecule has 7 heteroatoms. The number of carbonyl (C=O) groups is 2. The lowest BCUT2D eigenvalue weighted by Gasteiger charge is -2.30. The predicted octanol–water partition coefficient (Wildman–Crippen LogP) is 5.63. The molecule has 0 bridgehead atoms. The largest absolute Gasteiger partial charge is 0.352 e. The van der Waals surface area contributed by atoms with Crippen LogP contribution in [0.25, 0.3) is 0 Å². The lowest BCUT2D eigenvalue weighted by Crippen LogP contribution is -2.49. The fraction of sp³-hybridized carbons (Fsp3) is 0.364. The second kappa shape index (κ2) is 11.0. The maximum atomic E-state index is 13.2. The molecule has 4 nitrogen and oxygen atoms in total. The topological polar surface area (TPSA) is 49.4 Å². The van der Waals surface area contributed by atoms with Crippen LogP contribution in [0.3, 0.4) is 0 Å². The number of hydrogen-bond acceptors (Lipinski definition) is 2. The Balaban J connectivity index is 2.25. The van der Waals surface area contributed by atoms with Gasteiger partial charge in [-0.15, -0.1) is 0 Å². The average molecular weight is 500 g/mol. The third-order valence-corrected chi connectivity index (χ3v) is 5.98. The van der Waals surface area contributed by atoms with Gasteiger partial charge in [0, 0.05) is 17.1 Å². The van der Waals surface area contributed by atoms with E-state index in [1.807, 2.05) is 38.1 Å². The summed E-state index contributed by atoms with van der Waals surface area (Å²) in [6, 6.07) is 12.3. The highest BCUT2D eigenvalue weighted by molar-refractivity contribution is 9.10. The Bertz CT molecular complexity index is 876. The van der Waals surface area contributed by atoms with E-state index in [4.69, 9.17) is 23.2 Å². The van der Waals surface area contributed by atoms with E-state index in [1.54, 1.807) is 30.0 Å². The quantitative estimate of drug-likeness (QED) is 0.511. The molecule has 0 radical (unpaired) electrons. The van der Waals surface area contributed by atoms with E-state index in [1.165, 1.54) is 0 Å². The highest BCUT2D eigenvalue weighted by Gasteiger charge is 2.27. The van der Waals surface area contributed by atoms with Crippen molar-refractivity contribution < 1.29 is 9.59 Å². The predicted molar refractivity (Wildman–Crippen MR) is 122 cm³/mol. The summed E-state index contributed by atoms with van der Waals surface area (Å²) in [5.74, 6) is -0.327. The van der Waals surface area contributed by atoms with E-state index in [0.29, 0.717) is 16.6 Å². The number of nitrogens with one attached hydrogen (secondary N) is 1. The van der Waals surface area contributed by atoms with Gasteiger partial charge in [-0.2, -0.15) is 0 Å². The first-order chi connectivity index (χ1) is 13.7. The van der Waals surface area contributed by atoms with Crippen LogP contribution in [-0.4, -0.2) is 28.8 Å². The fourth-order valence-corrected chi connectivity index (χ4v) is 3.57. The summed E-state index contributed by atoms with van der Waals surface area (Å²) >= 11 is 15.5. The molecule has 2 atom stereocenters. The molecule has 0 aliphatic rings. The van der Waals surface area contributed by atoms with Gasteiger partial charge in [-0.1, -0.05) is 64.3 Å². The molecule has 0 unspecified atom stereocenters. The lowest BCUT2D eigenvalue weighted by molar-refractivity contribution is -0.140. The molecular weight excluding hydrogens is 475 g/mol. The van der Waals surface area contributed by atoms with Crippen molar-refractivity contribution in [1.82, 2.24) is 10.2 Å². The van der Waals surface area contributed by atoms with Crippen molar-refractivity contribution in [2.75, 3.05) is 0 Å². The van der Waals surface area contributed by atoms with Crippen LogP contribution in [0.15, 0.2) is 46.9 Å². The summed E-state index contributed by atoms with van der Waals surface area (Å²) in [6.45, 7) is 6.03. The van der Waals surface area contributed by atoms with Gasteiger partial charge in [0.1, 0.15) is 6.04 Å². The van der Waals surface area contributed by atoms with Gasteiger partial charge in [0.05, 0.1) is 16.5 Å². The minimum absolute atomic E-state index is 0.0443. The Morgan fingerprint density at radius 1 is 1.07 bits per heavy atom. The summed E-state index contributed by atoms with van der Waals surface area (Å²) < 4.78 is 0.920. The Labute approximate surface area is 190 Å². The van der Waals surface area contributed by atoms with Crippen molar-refractivity contribution in [3.05, 3.63) is 68.1 Å². The van der Waals surface area contributed by atoms with E-state index in [0.717, 1.165) is 22.0 Å². The Kier molecular flexibility index (Phi) is 9.00. The van der Waals surface area contributed by atoms with E-state index < -0.39 is 6.04 Å². The van der Waals surface area contributed by atoms with Crippen molar-refractivity contribution in [1.29, 1.82) is 0 Å². The highest BCUT2D eigenvalue weighted by Crippen LogP contribution is 2.23. The van der Waals surface area contributed by atoms with Gasteiger partial charge in [0.15, 0.2) is 0 Å². The molecule has 29 heavy (non-hydrogen) atoms. The van der Waals surface area contributed by atoms with Crippen molar-refractivity contribution in [2.45, 2.75) is 52.2 Å². The zero-order chi connectivity index (χ0) is 21.6. The van der Waals surface area contributed by atoms with Crippen molar-refractivity contribution in [2.24, 2.45) is 0 Å². The van der Waals surface area contributed by atoms with E-state index in [9.17, 15) is 9.59 Å². The average Bonchev–Trinajstić information content (AvgIpc) is 2.68. The standard InChI is InChI=1S/C22H25BrCl2N2O2/c1-4-14(2)26-22(29)15(3)27(13-17-6-5-7-18(23)10-17)21(28)12-16-8-9-19(24)20(25)11-16/h5-11,14-15H,4,12-13H2,1-3H3,(H,26,29)/t14-,15+/m0/s1. The number of benzene rings is 2. The molecule has 0 spiro atoms. The summed E-state index contributed by atoms with van der Waals surface area (Å²) in [7, 11) is 0. The van der Waals surface area contributed by atoms with Gasteiger partial charge in [0.25, 0.3) is 0 Å². The van der Waals surface area contributed by atoms with Crippen LogP contribution < -0.4 is 5.32 Å². The molecular formula is C22H25BrCl2N2O2. The number of hydrogen-bond donors (Lipinski definition) is 1. The molecule has 2 aromatic carbocycles. The summed E-state index contributed by atoms with van der Waals surface area (Å²) in [5, 5.41) is 3.80. The smallest absolute Gasteiger partial charge is 0.242 e. The summed E-state index contributed by atoms with van der Waals surface area (Å²) in [5.41, 5.74) is 1.68. The zero-order valence-electron chi connectivity index (χ0n) is 16.7. The lowest BCUT2D eigenvalue weighted by atomic mass is 10.1. The molecule has 0 saturated heterocycles.